The molecule has 1 aromatic heterocycles. The van der Waals surface area contributed by atoms with Gasteiger partial charge >= 0.3 is 0 Å². The second-order valence-corrected chi connectivity index (χ2v) is 11.6. The summed E-state index contributed by atoms with van der Waals surface area (Å²) in [4.78, 5) is 33.5. The van der Waals surface area contributed by atoms with E-state index in [9.17, 15) is 14.7 Å². The Morgan fingerprint density at radius 2 is 1.67 bits per heavy atom. The fourth-order valence-electron chi connectivity index (χ4n) is 4.41. The average Bonchev–Trinajstić information content (AvgIpc) is 3.28. The summed E-state index contributed by atoms with van der Waals surface area (Å²) in [5, 5.41) is 11.8. The Balaban J connectivity index is 1.83. The summed E-state index contributed by atoms with van der Waals surface area (Å²) in [5.74, 6) is -0.828. The van der Waals surface area contributed by atoms with Crippen molar-refractivity contribution in [2.45, 2.75) is 66.0 Å². The number of hydrogen-bond donors (Lipinski definition) is 1. The second-order valence-electron chi connectivity index (χ2n) is 10.3. The van der Waals surface area contributed by atoms with E-state index in [2.05, 4.69) is 25.8 Å². The van der Waals surface area contributed by atoms with Gasteiger partial charge in [-0.3, -0.25) is 14.5 Å². The molecule has 1 aliphatic heterocycles. The molecule has 4 rings (SSSR count). The summed E-state index contributed by atoms with van der Waals surface area (Å²) < 4.78 is 5.78. The molecule has 0 fully saturated rings. The predicted molar refractivity (Wildman–Crippen MR) is 143 cm³/mol. The van der Waals surface area contributed by atoms with E-state index in [1.54, 1.807) is 6.92 Å². The topological polar surface area (TPSA) is 79.7 Å². The molecule has 0 saturated heterocycles. The standard InChI is InChI=1S/C29H32N2O4S/c1-16(2)35-22-14-8-19(9-15-22)24-23(25(32)27-17(3)30-18(4)36-27)26(33)28(34)31(24)21-12-10-20(11-13-21)29(5,6)7/h8-16,24,33H,1-7H3. The molecule has 2 aromatic carbocycles. The number of nitrogens with zero attached hydrogens (tertiary/aromatic N) is 2. The van der Waals surface area contributed by atoms with E-state index < -0.39 is 17.7 Å². The predicted octanol–water partition coefficient (Wildman–Crippen LogP) is 6.63. The summed E-state index contributed by atoms with van der Waals surface area (Å²) in [7, 11) is 0. The molecule has 1 atom stereocenters. The first-order chi connectivity index (χ1) is 16.9. The first-order valence-corrected chi connectivity index (χ1v) is 12.8. The van der Waals surface area contributed by atoms with Crippen LogP contribution in [0.1, 0.15) is 72.2 Å². The highest BCUT2D eigenvalue weighted by atomic mass is 32.1. The highest BCUT2D eigenvalue weighted by molar-refractivity contribution is 7.14. The van der Waals surface area contributed by atoms with E-state index >= 15 is 0 Å². The Hall–Kier alpha value is -3.45. The van der Waals surface area contributed by atoms with Gasteiger partial charge in [0.2, 0.25) is 5.78 Å². The normalized spacial score (nSPS) is 16.3. The van der Waals surface area contributed by atoms with Crippen LogP contribution in [-0.4, -0.2) is 27.9 Å². The SMILES string of the molecule is Cc1nc(C)c(C(=O)C2=C(O)C(=O)N(c3ccc(C(C)(C)C)cc3)C2c2ccc(OC(C)C)cc2)s1. The lowest BCUT2D eigenvalue weighted by molar-refractivity contribution is -0.117. The number of aromatic nitrogens is 1. The lowest BCUT2D eigenvalue weighted by Gasteiger charge is -2.28. The summed E-state index contributed by atoms with van der Waals surface area (Å²) in [6, 6.07) is 14.2. The van der Waals surface area contributed by atoms with Crippen LogP contribution in [0.4, 0.5) is 5.69 Å². The quantitative estimate of drug-likeness (QED) is 0.381. The molecule has 7 heteroatoms. The summed E-state index contributed by atoms with van der Waals surface area (Å²) >= 11 is 1.27. The fraction of sp³-hybridized carbons (Fsp3) is 0.345. The van der Waals surface area contributed by atoms with Crippen LogP contribution in [0.15, 0.2) is 59.9 Å². The number of thiazole rings is 1. The second kappa shape index (κ2) is 9.54. The van der Waals surface area contributed by atoms with Crippen molar-refractivity contribution in [3.8, 4) is 5.75 Å². The number of benzene rings is 2. The number of amides is 1. The highest BCUT2D eigenvalue weighted by Gasteiger charge is 2.45. The number of ketones is 1. The maximum atomic E-state index is 13.7. The van der Waals surface area contributed by atoms with Gasteiger partial charge in [-0.2, -0.15) is 0 Å². The van der Waals surface area contributed by atoms with Crippen molar-refractivity contribution in [3.05, 3.63) is 86.6 Å². The Bertz CT molecular complexity index is 1330. The van der Waals surface area contributed by atoms with Gasteiger partial charge in [-0.1, -0.05) is 45.0 Å². The van der Waals surface area contributed by atoms with Crippen LogP contribution in [0.3, 0.4) is 0 Å². The van der Waals surface area contributed by atoms with E-state index in [4.69, 9.17) is 4.74 Å². The third kappa shape index (κ3) is 4.80. The smallest absolute Gasteiger partial charge is 0.294 e. The number of aryl methyl sites for hydroxylation is 2. The number of aliphatic hydroxyl groups excluding tert-OH is 1. The Morgan fingerprint density at radius 1 is 1.06 bits per heavy atom. The van der Waals surface area contributed by atoms with Crippen molar-refractivity contribution in [2.75, 3.05) is 4.90 Å². The van der Waals surface area contributed by atoms with Crippen LogP contribution in [0.5, 0.6) is 5.75 Å². The molecule has 6 nitrogen and oxygen atoms in total. The molecule has 1 N–H and O–H groups in total. The van der Waals surface area contributed by atoms with E-state index in [-0.39, 0.29) is 22.9 Å². The largest absolute Gasteiger partial charge is 0.503 e. The van der Waals surface area contributed by atoms with Crippen LogP contribution >= 0.6 is 11.3 Å². The molecule has 0 aliphatic carbocycles. The zero-order valence-corrected chi connectivity index (χ0v) is 22.6. The maximum absolute atomic E-state index is 13.7. The van der Waals surface area contributed by atoms with Crippen LogP contribution in [0.2, 0.25) is 0 Å². The number of ether oxygens (including phenoxy) is 1. The zero-order chi connectivity index (χ0) is 26.4. The molecule has 36 heavy (non-hydrogen) atoms. The number of rotatable bonds is 6. The molecule has 0 spiro atoms. The Kier molecular flexibility index (Phi) is 6.80. The summed E-state index contributed by atoms with van der Waals surface area (Å²) in [5.41, 5.74) is 3.01. The van der Waals surface area contributed by atoms with E-state index in [1.165, 1.54) is 16.2 Å². The molecule has 2 heterocycles. The average molecular weight is 505 g/mol. The third-order valence-electron chi connectivity index (χ3n) is 6.14. The third-order valence-corrected chi connectivity index (χ3v) is 7.21. The minimum Gasteiger partial charge on any atom is -0.503 e. The van der Waals surface area contributed by atoms with Gasteiger partial charge in [-0.25, -0.2) is 4.98 Å². The van der Waals surface area contributed by atoms with Crippen molar-refractivity contribution in [3.63, 3.8) is 0 Å². The van der Waals surface area contributed by atoms with E-state index in [1.807, 2.05) is 69.3 Å². The molecule has 3 aromatic rings. The van der Waals surface area contributed by atoms with Gasteiger partial charge in [0, 0.05) is 5.69 Å². The molecule has 0 saturated carbocycles. The number of carbonyl (C=O) groups excluding carboxylic acids is 2. The zero-order valence-electron chi connectivity index (χ0n) is 21.7. The molecular weight excluding hydrogens is 472 g/mol. The lowest BCUT2D eigenvalue weighted by Crippen LogP contribution is -2.31. The van der Waals surface area contributed by atoms with Crippen LogP contribution in [-0.2, 0) is 10.2 Å². The maximum Gasteiger partial charge on any atom is 0.294 e. The summed E-state index contributed by atoms with van der Waals surface area (Å²) in [6.45, 7) is 13.9. The molecular formula is C29H32N2O4S. The van der Waals surface area contributed by atoms with Crippen molar-refractivity contribution in [2.24, 2.45) is 0 Å². The highest BCUT2D eigenvalue weighted by Crippen LogP contribution is 2.43. The molecule has 0 bridgehead atoms. The van der Waals surface area contributed by atoms with Gasteiger partial charge in [0.1, 0.15) is 5.75 Å². The van der Waals surface area contributed by atoms with Gasteiger partial charge < -0.3 is 9.84 Å². The molecule has 1 aliphatic rings. The van der Waals surface area contributed by atoms with Crippen molar-refractivity contribution < 1.29 is 19.4 Å². The first kappa shape index (κ1) is 25.6. The van der Waals surface area contributed by atoms with E-state index in [0.717, 1.165) is 10.6 Å². The fourth-order valence-corrected chi connectivity index (χ4v) is 5.28. The van der Waals surface area contributed by atoms with Gasteiger partial charge in [0.15, 0.2) is 5.76 Å². The monoisotopic (exact) mass is 504 g/mol. The number of aliphatic hydroxyl groups is 1. The summed E-state index contributed by atoms with van der Waals surface area (Å²) in [6.07, 6.45) is 0.0142. The van der Waals surface area contributed by atoms with Crippen molar-refractivity contribution in [1.29, 1.82) is 0 Å². The van der Waals surface area contributed by atoms with Gasteiger partial charge in [0.05, 0.1) is 33.3 Å². The molecule has 1 unspecified atom stereocenters. The minimum atomic E-state index is -0.791. The number of carbonyl (C=O) groups is 2. The van der Waals surface area contributed by atoms with Crippen molar-refractivity contribution in [1.82, 2.24) is 4.98 Å². The van der Waals surface area contributed by atoms with Gasteiger partial charge in [-0.05, 0) is 68.5 Å². The van der Waals surface area contributed by atoms with Gasteiger partial charge in [-0.15, -0.1) is 11.3 Å². The van der Waals surface area contributed by atoms with Gasteiger partial charge in [0.25, 0.3) is 5.91 Å². The first-order valence-electron chi connectivity index (χ1n) is 12.0. The van der Waals surface area contributed by atoms with Crippen LogP contribution < -0.4 is 9.64 Å². The Labute approximate surface area is 216 Å². The Morgan fingerprint density at radius 3 is 2.17 bits per heavy atom. The number of anilines is 1. The number of Topliss-reactive ketones (excluding diaryl/α,β-unsaturated/α-hetero) is 1. The lowest BCUT2D eigenvalue weighted by atomic mass is 9.87. The minimum absolute atomic E-state index is 0.0142. The number of hydrogen-bond acceptors (Lipinski definition) is 6. The molecule has 188 valence electrons. The molecule has 0 radical (unpaired) electrons. The van der Waals surface area contributed by atoms with Crippen LogP contribution in [0, 0.1) is 13.8 Å². The molecule has 1 amide bonds. The van der Waals surface area contributed by atoms with E-state index in [0.29, 0.717) is 27.6 Å². The van der Waals surface area contributed by atoms with Crippen LogP contribution in [0.25, 0.3) is 0 Å². The van der Waals surface area contributed by atoms with Crippen molar-refractivity contribution >= 4 is 28.7 Å².